The van der Waals surface area contributed by atoms with Gasteiger partial charge in [-0.15, -0.1) is 0 Å². The van der Waals surface area contributed by atoms with Crippen LogP contribution in [0.2, 0.25) is 0 Å². The Morgan fingerprint density at radius 3 is 2.44 bits per heavy atom. The Hall–Kier alpha value is -2.41. The van der Waals surface area contributed by atoms with Crippen molar-refractivity contribution >= 4 is 12.2 Å². The van der Waals surface area contributed by atoms with Crippen molar-refractivity contribution in [2.45, 2.75) is 0 Å². The molecule has 2 aliphatic rings. The van der Waals surface area contributed by atoms with Crippen molar-refractivity contribution in [2.24, 2.45) is 0 Å². The number of hydrogen-bond acceptors (Lipinski definition) is 1. The Bertz CT molecular complexity index is 641. The number of fused-ring (bicyclic) bond motifs is 1. The van der Waals surface area contributed by atoms with Crippen LogP contribution in [0.15, 0.2) is 67.0 Å². The molecule has 0 saturated carbocycles. The van der Waals surface area contributed by atoms with Crippen LogP contribution in [0.5, 0.6) is 0 Å². The van der Waals surface area contributed by atoms with Crippen LogP contribution in [0.4, 0.5) is 0 Å². The zero-order chi connectivity index (χ0) is 12.2. The third-order valence-corrected chi connectivity index (χ3v) is 2.99. The molecule has 0 fully saturated rings. The van der Waals surface area contributed by atoms with Crippen LogP contribution in [-0.4, -0.2) is 4.98 Å². The summed E-state index contributed by atoms with van der Waals surface area (Å²) in [6, 6.07) is 18.8. The van der Waals surface area contributed by atoms with E-state index in [1.54, 1.807) is 0 Å². The molecule has 18 heavy (non-hydrogen) atoms. The summed E-state index contributed by atoms with van der Waals surface area (Å²) < 4.78 is 0. The average Bonchev–Trinajstić information content (AvgIpc) is 2.65. The molecule has 0 unspecified atom stereocenters. The number of rotatable bonds is 2. The van der Waals surface area contributed by atoms with Gasteiger partial charge in [0.2, 0.25) is 0 Å². The first-order valence-electron chi connectivity index (χ1n) is 5.99. The van der Waals surface area contributed by atoms with Crippen molar-refractivity contribution in [3.05, 3.63) is 78.1 Å². The van der Waals surface area contributed by atoms with Gasteiger partial charge in [-0.25, -0.2) is 0 Å². The van der Waals surface area contributed by atoms with Gasteiger partial charge in [0.15, 0.2) is 0 Å². The fraction of sp³-hybridized carbons (Fsp3) is 0. The average molecular weight is 231 g/mol. The monoisotopic (exact) mass is 231 g/mol. The maximum Gasteiger partial charge on any atom is 0.0273 e. The largest absolute Gasteiger partial charge is 0.265 e. The van der Waals surface area contributed by atoms with Gasteiger partial charge in [0.1, 0.15) is 0 Å². The molecular formula is C17H13N. The molecule has 0 N–H and O–H groups in total. The van der Waals surface area contributed by atoms with E-state index >= 15 is 0 Å². The van der Waals surface area contributed by atoms with E-state index in [-0.39, 0.29) is 0 Å². The fourth-order valence-electron chi connectivity index (χ4n) is 2.04. The van der Waals surface area contributed by atoms with Crippen molar-refractivity contribution in [2.75, 3.05) is 0 Å². The van der Waals surface area contributed by atoms with E-state index in [1.165, 1.54) is 22.3 Å². The van der Waals surface area contributed by atoms with Crippen LogP contribution in [-0.2, 0) is 0 Å². The zero-order valence-electron chi connectivity index (χ0n) is 9.95. The Labute approximate surface area is 107 Å². The Kier molecular flexibility index (Phi) is 2.89. The molecule has 0 saturated heterocycles. The summed E-state index contributed by atoms with van der Waals surface area (Å²) in [6.45, 7) is 0. The van der Waals surface area contributed by atoms with Gasteiger partial charge in [0, 0.05) is 12.4 Å². The summed E-state index contributed by atoms with van der Waals surface area (Å²) in [6.07, 6.45) is 7.88. The van der Waals surface area contributed by atoms with Crippen molar-refractivity contribution < 1.29 is 0 Å². The summed E-state index contributed by atoms with van der Waals surface area (Å²) in [5.74, 6) is 0. The molecule has 3 rings (SSSR count). The smallest absolute Gasteiger partial charge is 0.0273 e. The van der Waals surface area contributed by atoms with Crippen LogP contribution in [0.25, 0.3) is 23.3 Å². The first kappa shape index (κ1) is 10.7. The Morgan fingerprint density at radius 2 is 1.56 bits per heavy atom. The predicted molar refractivity (Wildman–Crippen MR) is 76.2 cm³/mol. The van der Waals surface area contributed by atoms with E-state index in [9.17, 15) is 0 Å². The SMILES string of the molecule is C(=Cc1ccc2cccccc1-2)c1ccncc1. The molecule has 1 nitrogen and oxygen atoms in total. The van der Waals surface area contributed by atoms with E-state index < -0.39 is 0 Å². The van der Waals surface area contributed by atoms with Crippen LogP contribution in [0.3, 0.4) is 0 Å². The lowest BCUT2D eigenvalue weighted by molar-refractivity contribution is 1.32. The van der Waals surface area contributed by atoms with Crippen LogP contribution < -0.4 is 0 Å². The highest BCUT2D eigenvalue weighted by Crippen LogP contribution is 2.28. The standard InChI is InChI=1S/C17H13N/c1-2-4-15-8-9-16(17(15)5-3-1)7-6-14-10-12-18-13-11-14/h1-13H. The molecule has 1 heterocycles. The lowest BCUT2D eigenvalue weighted by Gasteiger charge is -1.95. The normalized spacial score (nSPS) is 11.1. The van der Waals surface area contributed by atoms with Crippen molar-refractivity contribution in [3.8, 4) is 11.1 Å². The van der Waals surface area contributed by atoms with Crippen LogP contribution in [0, 0.1) is 0 Å². The number of nitrogens with zero attached hydrogens (tertiary/aromatic N) is 1. The van der Waals surface area contributed by atoms with Gasteiger partial charge in [0.05, 0.1) is 0 Å². The third-order valence-electron chi connectivity index (χ3n) is 2.99. The highest BCUT2D eigenvalue weighted by molar-refractivity contribution is 5.83. The second kappa shape index (κ2) is 4.84. The molecule has 0 aromatic carbocycles. The Balaban J connectivity index is 1.96. The summed E-state index contributed by atoms with van der Waals surface area (Å²) in [7, 11) is 0. The van der Waals surface area contributed by atoms with E-state index in [2.05, 4.69) is 59.6 Å². The van der Waals surface area contributed by atoms with Gasteiger partial charge >= 0.3 is 0 Å². The second-order valence-corrected chi connectivity index (χ2v) is 4.18. The second-order valence-electron chi connectivity index (χ2n) is 4.18. The van der Waals surface area contributed by atoms with E-state index in [0.29, 0.717) is 0 Å². The van der Waals surface area contributed by atoms with Gasteiger partial charge in [-0.05, 0) is 34.4 Å². The number of pyridine rings is 1. The summed E-state index contributed by atoms with van der Waals surface area (Å²) in [5.41, 5.74) is 4.97. The molecule has 0 radical (unpaired) electrons. The molecule has 1 aromatic rings. The molecular weight excluding hydrogens is 218 g/mol. The van der Waals surface area contributed by atoms with Gasteiger partial charge in [0.25, 0.3) is 0 Å². The lowest BCUT2D eigenvalue weighted by atomic mass is 10.1. The fourth-order valence-corrected chi connectivity index (χ4v) is 2.04. The topological polar surface area (TPSA) is 12.9 Å². The van der Waals surface area contributed by atoms with Crippen LogP contribution >= 0.6 is 0 Å². The molecule has 0 spiro atoms. The molecule has 1 aromatic heterocycles. The first-order valence-corrected chi connectivity index (χ1v) is 5.99. The van der Waals surface area contributed by atoms with Gasteiger partial charge in [-0.2, -0.15) is 0 Å². The molecule has 2 aliphatic carbocycles. The van der Waals surface area contributed by atoms with Crippen LogP contribution in [0.1, 0.15) is 11.1 Å². The van der Waals surface area contributed by atoms with Crippen molar-refractivity contribution in [1.82, 2.24) is 4.98 Å². The molecule has 0 amide bonds. The minimum atomic E-state index is 1.17. The number of aromatic nitrogens is 1. The summed E-state index contributed by atoms with van der Waals surface area (Å²) >= 11 is 0. The molecule has 1 heteroatoms. The molecule has 86 valence electrons. The van der Waals surface area contributed by atoms with Crippen molar-refractivity contribution in [1.29, 1.82) is 0 Å². The van der Waals surface area contributed by atoms with E-state index in [0.717, 1.165) is 0 Å². The minimum Gasteiger partial charge on any atom is -0.265 e. The molecule has 0 atom stereocenters. The zero-order valence-corrected chi connectivity index (χ0v) is 9.95. The van der Waals surface area contributed by atoms with Gasteiger partial charge < -0.3 is 0 Å². The highest BCUT2D eigenvalue weighted by atomic mass is 14.6. The maximum atomic E-state index is 4.01. The number of hydrogen-bond donors (Lipinski definition) is 0. The minimum absolute atomic E-state index is 1.17. The summed E-state index contributed by atoms with van der Waals surface area (Å²) in [5, 5.41) is 0. The van der Waals surface area contributed by atoms with Gasteiger partial charge in [-0.1, -0.05) is 54.6 Å². The van der Waals surface area contributed by atoms with E-state index in [1.807, 2.05) is 24.5 Å². The summed E-state index contributed by atoms with van der Waals surface area (Å²) in [4.78, 5) is 4.01. The van der Waals surface area contributed by atoms with E-state index in [4.69, 9.17) is 0 Å². The predicted octanol–water partition coefficient (Wildman–Crippen LogP) is 4.36. The third kappa shape index (κ3) is 2.16. The lowest BCUT2D eigenvalue weighted by Crippen LogP contribution is -1.73. The maximum absolute atomic E-state index is 4.01. The van der Waals surface area contributed by atoms with Crippen molar-refractivity contribution in [3.63, 3.8) is 0 Å². The molecule has 0 aliphatic heterocycles. The quantitative estimate of drug-likeness (QED) is 0.638. The Morgan fingerprint density at radius 1 is 0.722 bits per heavy atom. The molecule has 0 bridgehead atoms. The highest BCUT2D eigenvalue weighted by Gasteiger charge is 2.04. The first-order chi connectivity index (χ1) is 8.93. The van der Waals surface area contributed by atoms with Gasteiger partial charge in [-0.3, -0.25) is 4.98 Å².